The van der Waals surface area contributed by atoms with Crippen molar-refractivity contribution in [1.29, 1.82) is 0 Å². The average Bonchev–Trinajstić information content (AvgIpc) is 3.93. The predicted molar refractivity (Wildman–Crippen MR) is 261 cm³/mol. The van der Waals surface area contributed by atoms with Gasteiger partial charge >= 0.3 is 0 Å². The second kappa shape index (κ2) is 13.7. The van der Waals surface area contributed by atoms with Crippen molar-refractivity contribution in [2.24, 2.45) is 5.92 Å². The molecule has 2 aromatic heterocycles. The van der Waals surface area contributed by atoms with E-state index in [1.807, 2.05) is 6.07 Å². The van der Waals surface area contributed by atoms with Gasteiger partial charge in [0.15, 0.2) is 5.58 Å². The van der Waals surface area contributed by atoms with E-state index in [4.69, 9.17) is 4.42 Å². The highest BCUT2D eigenvalue weighted by Gasteiger charge is 2.40. The third kappa shape index (κ3) is 5.50. The molecule has 2 atom stereocenters. The van der Waals surface area contributed by atoms with Crippen molar-refractivity contribution in [3.05, 3.63) is 216 Å². The lowest BCUT2D eigenvalue weighted by molar-refractivity contribution is 0.530. The van der Waals surface area contributed by atoms with Crippen LogP contribution in [0.4, 0.5) is 11.4 Å². The summed E-state index contributed by atoms with van der Waals surface area (Å²) in [6, 6.07) is 57.7. The zero-order chi connectivity index (χ0) is 41.7. The normalized spacial score (nSPS) is 19.1. The number of hydrogen-bond donors (Lipinski definition) is 0. The Balaban J connectivity index is 0.938. The van der Waals surface area contributed by atoms with Gasteiger partial charge in [0.25, 0.3) is 0 Å². The lowest BCUT2D eigenvalue weighted by atomic mass is 9.74. The number of aromatic nitrogens is 1. The van der Waals surface area contributed by atoms with E-state index < -0.39 is 0 Å². The van der Waals surface area contributed by atoms with Crippen LogP contribution in [-0.2, 0) is 10.8 Å². The number of benzene rings is 7. The number of nitrogens with zero attached hydrogens (tertiary/aromatic N) is 2. The van der Waals surface area contributed by atoms with Gasteiger partial charge in [-0.3, -0.25) is 0 Å². The molecule has 2 heterocycles. The maximum absolute atomic E-state index is 6.57. The van der Waals surface area contributed by atoms with Gasteiger partial charge in [0.1, 0.15) is 5.58 Å². The summed E-state index contributed by atoms with van der Waals surface area (Å²) >= 11 is 0. The molecule has 2 unspecified atom stereocenters. The van der Waals surface area contributed by atoms with Crippen molar-refractivity contribution >= 4 is 60.7 Å². The molecule has 12 rings (SSSR count). The largest absolute Gasteiger partial charge is 0.454 e. The molecule has 0 spiro atoms. The van der Waals surface area contributed by atoms with E-state index in [1.165, 1.54) is 66.6 Å². The highest BCUT2D eigenvalue weighted by Crippen LogP contribution is 2.53. The minimum Gasteiger partial charge on any atom is -0.454 e. The first kappa shape index (κ1) is 36.7. The molecule has 0 N–H and O–H groups in total. The van der Waals surface area contributed by atoms with Crippen molar-refractivity contribution in [1.82, 2.24) is 4.57 Å². The van der Waals surface area contributed by atoms with Crippen LogP contribution in [0.2, 0.25) is 0 Å². The number of para-hydroxylation sites is 3. The SMILES string of the molecule is CC1CC=CC2=C1C(C)(C)c1cc(N(C3=CCC(C)(c4ccc5c(c4)c4ccccc4n5-c4cccc5c4oc4ccccc45)C=C3)c3ccc(-c4ccccc4)cc3)ccc12. The fourth-order valence-corrected chi connectivity index (χ4v) is 11.1. The fourth-order valence-electron chi connectivity index (χ4n) is 11.1. The Bertz CT molecular complexity index is 3400. The van der Waals surface area contributed by atoms with E-state index in [0.717, 1.165) is 46.2 Å². The molecule has 0 bridgehead atoms. The Morgan fingerprint density at radius 2 is 1.35 bits per heavy atom. The summed E-state index contributed by atoms with van der Waals surface area (Å²) in [5.41, 5.74) is 18.1. The van der Waals surface area contributed by atoms with Gasteiger partial charge in [0, 0.05) is 49.4 Å². The van der Waals surface area contributed by atoms with Crippen LogP contribution < -0.4 is 4.90 Å². The molecule has 0 radical (unpaired) electrons. The molecule has 0 saturated heterocycles. The monoisotopic (exact) mass is 800 g/mol. The summed E-state index contributed by atoms with van der Waals surface area (Å²) in [5.74, 6) is 0.533. The Morgan fingerprint density at radius 3 is 2.18 bits per heavy atom. The van der Waals surface area contributed by atoms with Crippen molar-refractivity contribution < 1.29 is 4.42 Å². The molecule has 0 saturated carbocycles. The maximum atomic E-state index is 6.57. The molecule has 300 valence electrons. The van der Waals surface area contributed by atoms with E-state index >= 15 is 0 Å². The summed E-state index contributed by atoms with van der Waals surface area (Å²) in [4.78, 5) is 2.47. The van der Waals surface area contributed by atoms with Gasteiger partial charge in [-0.05, 0) is 118 Å². The zero-order valence-corrected chi connectivity index (χ0v) is 35.7. The first-order valence-electron chi connectivity index (χ1n) is 22.1. The molecule has 3 aliphatic rings. The molecule has 0 aliphatic heterocycles. The number of fused-ring (bicyclic) bond motifs is 8. The van der Waals surface area contributed by atoms with Crippen molar-refractivity contribution in [2.75, 3.05) is 4.90 Å². The highest BCUT2D eigenvalue weighted by atomic mass is 16.3. The van der Waals surface area contributed by atoms with Crippen LogP contribution in [0, 0.1) is 5.92 Å². The molecular weight excluding hydrogens is 753 g/mol. The van der Waals surface area contributed by atoms with Crippen LogP contribution in [-0.4, -0.2) is 4.57 Å². The molecule has 7 aromatic carbocycles. The summed E-state index contributed by atoms with van der Waals surface area (Å²) < 4.78 is 8.96. The second-order valence-electron chi connectivity index (χ2n) is 18.4. The first-order valence-corrected chi connectivity index (χ1v) is 22.1. The van der Waals surface area contributed by atoms with E-state index in [0.29, 0.717) is 5.92 Å². The summed E-state index contributed by atoms with van der Waals surface area (Å²) in [5, 5.41) is 4.76. The minimum absolute atomic E-state index is 0.0383. The topological polar surface area (TPSA) is 21.3 Å². The van der Waals surface area contributed by atoms with Gasteiger partial charge in [-0.2, -0.15) is 0 Å². The predicted octanol–water partition coefficient (Wildman–Crippen LogP) is 15.9. The lowest BCUT2D eigenvalue weighted by Crippen LogP contribution is -2.25. The number of furan rings is 1. The highest BCUT2D eigenvalue weighted by molar-refractivity contribution is 6.13. The van der Waals surface area contributed by atoms with Crippen molar-refractivity contribution in [3.63, 3.8) is 0 Å². The summed E-state index contributed by atoms with van der Waals surface area (Å²) in [7, 11) is 0. The number of rotatable bonds is 6. The Hall–Kier alpha value is -7.10. The molecule has 9 aromatic rings. The van der Waals surface area contributed by atoms with Crippen LogP contribution in [0.3, 0.4) is 0 Å². The third-order valence-corrected chi connectivity index (χ3v) is 14.3. The summed E-state index contributed by atoms with van der Waals surface area (Å²) in [6.45, 7) is 9.62. The molecule has 62 heavy (non-hydrogen) atoms. The van der Waals surface area contributed by atoms with Gasteiger partial charge in [-0.1, -0.05) is 155 Å². The second-order valence-corrected chi connectivity index (χ2v) is 18.4. The van der Waals surface area contributed by atoms with Crippen LogP contribution in [0.1, 0.15) is 57.2 Å². The van der Waals surface area contributed by atoms with Crippen LogP contribution in [0.25, 0.3) is 66.1 Å². The van der Waals surface area contributed by atoms with Gasteiger partial charge < -0.3 is 13.9 Å². The van der Waals surface area contributed by atoms with Gasteiger partial charge in [0.05, 0.1) is 16.7 Å². The Kier molecular flexibility index (Phi) is 8.12. The standard InChI is InChI=1S/C59H48N2O/c1-38-14-12-19-48-45-30-29-44(37-51(45)58(2,3)56(38)48)60(42-27-24-40(25-28-42)39-15-6-5-7-16-39)43-32-34-59(4,35-33-43)41-26-31-53-50(36-41)46-17-8-10-21-52(46)61(53)54-22-13-20-49-47-18-9-11-23-55(47)62-57(49)54/h5-13,15-34,36-38H,14,35H2,1-4H3. The smallest absolute Gasteiger partial charge is 0.159 e. The lowest BCUT2D eigenvalue weighted by Gasteiger charge is -2.34. The Morgan fingerprint density at radius 1 is 0.629 bits per heavy atom. The first-order chi connectivity index (χ1) is 30.3. The third-order valence-electron chi connectivity index (χ3n) is 14.3. The minimum atomic E-state index is -0.201. The van der Waals surface area contributed by atoms with Gasteiger partial charge in [-0.15, -0.1) is 0 Å². The van der Waals surface area contributed by atoms with E-state index in [9.17, 15) is 0 Å². The molecule has 3 heteroatoms. The van der Waals surface area contributed by atoms with E-state index in [2.05, 4.69) is 219 Å². The number of allylic oxidation sites excluding steroid dienone is 7. The maximum Gasteiger partial charge on any atom is 0.159 e. The van der Waals surface area contributed by atoms with E-state index in [1.54, 1.807) is 5.57 Å². The van der Waals surface area contributed by atoms with Gasteiger partial charge in [-0.25, -0.2) is 0 Å². The number of anilines is 2. The molecule has 3 nitrogen and oxygen atoms in total. The van der Waals surface area contributed by atoms with Crippen molar-refractivity contribution in [3.8, 4) is 16.8 Å². The Labute approximate surface area is 363 Å². The summed E-state index contributed by atoms with van der Waals surface area (Å²) in [6.07, 6.45) is 13.9. The fraction of sp³-hybridized carbons (Fsp3) is 0.153. The average molecular weight is 801 g/mol. The van der Waals surface area contributed by atoms with Crippen molar-refractivity contribution in [2.45, 2.75) is 51.4 Å². The number of hydrogen-bond acceptors (Lipinski definition) is 2. The van der Waals surface area contributed by atoms with E-state index in [-0.39, 0.29) is 10.8 Å². The van der Waals surface area contributed by atoms with Crippen LogP contribution >= 0.6 is 0 Å². The van der Waals surface area contributed by atoms with Crippen LogP contribution in [0.5, 0.6) is 0 Å². The van der Waals surface area contributed by atoms with Crippen LogP contribution in [0.15, 0.2) is 204 Å². The molecule has 0 amide bonds. The quantitative estimate of drug-likeness (QED) is 0.167. The zero-order valence-electron chi connectivity index (χ0n) is 35.7. The molecule has 3 aliphatic carbocycles. The molecule has 0 fully saturated rings. The molecular formula is C59H48N2O. The van der Waals surface area contributed by atoms with Gasteiger partial charge in [0.2, 0.25) is 0 Å².